The van der Waals surface area contributed by atoms with Crippen molar-refractivity contribution >= 4 is 5.78 Å². The van der Waals surface area contributed by atoms with Crippen LogP contribution in [0.25, 0.3) is 0 Å². The molecule has 1 saturated heterocycles. The fraction of sp³-hybridized carbons (Fsp3) is 0.800. The van der Waals surface area contributed by atoms with E-state index in [0.717, 1.165) is 89.7 Å². The third kappa shape index (κ3) is 14.9. The zero-order valence-electron chi connectivity index (χ0n) is 28.2. The third-order valence-corrected chi connectivity index (χ3v) is 8.91. The molecule has 1 unspecified atom stereocenters. The van der Waals surface area contributed by atoms with Crippen molar-refractivity contribution in [2.24, 2.45) is 16.6 Å². The summed E-state index contributed by atoms with van der Waals surface area (Å²) in [5.41, 5.74) is 9.21. The van der Waals surface area contributed by atoms with E-state index in [1.165, 1.54) is 30.7 Å². The number of nitrogens with two attached hydrogens (primary N) is 1. The molecule has 41 heavy (non-hydrogen) atoms. The Kier molecular flexibility index (Phi) is 16.5. The standard InChI is InChI=1S/C35H67N5O/c1-11-37-31(16-12-13-24-36)32(41)35(9,10)39-25-15-22-33(5,6)20-14-21-34(7,8)23-26-38-28(2)19-27-40-29(3)17-18-30(40)4/h31,37-39H,2-4,11-27,36H2,1,5-10H3. The van der Waals surface area contributed by atoms with Crippen LogP contribution in [0.1, 0.15) is 126 Å². The van der Waals surface area contributed by atoms with E-state index >= 15 is 0 Å². The van der Waals surface area contributed by atoms with E-state index in [9.17, 15) is 4.79 Å². The fourth-order valence-electron chi connectivity index (χ4n) is 5.86. The average Bonchev–Trinajstić information content (AvgIpc) is 3.21. The molecule has 0 aliphatic carbocycles. The second kappa shape index (κ2) is 18.1. The predicted molar refractivity (Wildman–Crippen MR) is 179 cm³/mol. The summed E-state index contributed by atoms with van der Waals surface area (Å²) in [4.78, 5) is 15.5. The summed E-state index contributed by atoms with van der Waals surface area (Å²) in [7, 11) is 0. The van der Waals surface area contributed by atoms with Crippen LogP contribution in [0.4, 0.5) is 0 Å². The SMILES string of the molecule is C=C(CCN1C(=C)CCC1=C)NCCC(C)(C)CCCC(C)(C)CCCNC(C)(C)C(=O)C(CCCCN)NCC. The van der Waals surface area contributed by atoms with Crippen LogP contribution < -0.4 is 21.7 Å². The molecule has 0 amide bonds. The number of carbonyl (C=O) groups excluding carboxylic acids is 1. The highest BCUT2D eigenvalue weighted by molar-refractivity contribution is 5.92. The quantitative estimate of drug-likeness (QED) is 0.0927. The summed E-state index contributed by atoms with van der Waals surface area (Å²) in [6, 6.07) is -0.0991. The fourth-order valence-corrected chi connectivity index (χ4v) is 5.86. The summed E-state index contributed by atoms with van der Waals surface area (Å²) in [6.45, 7) is 32.5. The van der Waals surface area contributed by atoms with Gasteiger partial charge in [0.05, 0.1) is 11.6 Å². The Morgan fingerprint density at radius 2 is 1.49 bits per heavy atom. The van der Waals surface area contributed by atoms with Crippen molar-refractivity contribution in [3.63, 3.8) is 0 Å². The number of nitrogens with zero attached hydrogens (tertiary/aromatic N) is 1. The van der Waals surface area contributed by atoms with Gasteiger partial charge in [0.25, 0.3) is 0 Å². The van der Waals surface area contributed by atoms with Gasteiger partial charge in [-0.05, 0) is 102 Å². The predicted octanol–water partition coefficient (Wildman–Crippen LogP) is 7.04. The summed E-state index contributed by atoms with van der Waals surface area (Å²) >= 11 is 0. The maximum absolute atomic E-state index is 13.2. The molecule has 0 spiro atoms. The van der Waals surface area contributed by atoms with Crippen LogP contribution in [0.5, 0.6) is 0 Å². The molecule has 1 fully saturated rings. The zero-order valence-corrected chi connectivity index (χ0v) is 28.2. The minimum Gasteiger partial charge on any atom is -0.389 e. The summed E-state index contributed by atoms with van der Waals surface area (Å²) in [5, 5.41) is 10.5. The molecule has 0 bridgehead atoms. The van der Waals surface area contributed by atoms with Crippen molar-refractivity contribution in [3.8, 4) is 0 Å². The highest BCUT2D eigenvalue weighted by Crippen LogP contribution is 2.34. The number of unbranched alkanes of at least 4 members (excludes halogenated alkanes) is 1. The molecule has 238 valence electrons. The van der Waals surface area contributed by atoms with Crippen molar-refractivity contribution in [3.05, 3.63) is 36.8 Å². The largest absolute Gasteiger partial charge is 0.389 e. The molecule has 0 aromatic heterocycles. The van der Waals surface area contributed by atoms with Gasteiger partial charge in [-0.25, -0.2) is 0 Å². The van der Waals surface area contributed by atoms with Crippen molar-refractivity contribution in [2.45, 2.75) is 137 Å². The van der Waals surface area contributed by atoms with Crippen LogP contribution in [-0.4, -0.2) is 55.0 Å². The Morgan fingerprint density at radius 1 is 0.902 bits per heavy atom. The second-order valence-corrected chi connectivity index (χ2v) is 14.4. The minimum absolute atomic E-state index is 0.0991. The number of allylic oxidation sites excluding steroid dienone is 2. The van der Waals surface area contributed by atoms with Gasteiger partial charge in [0.15, 0.2) is 5.78 Å². The molecule has 1 aliphatic heterocycles. The van der Waals surface area contributed by atoms with E-state index in [-0.39, 0.29) is 11.8 Å². The first-order chi connectivity index (χ1) is 19.1. The molecule has 1 heterocycles. The Labute approximate surface area is 254 Å². The number of ketones is 1. The van der Waals surface area contributed by atoms with Crippen molar-refractivity contribution in [1.29, 1.82) is 0 Å². The van der Waals surface area contributed by atoms with E-state index in [0.29, 0.717) is 17.4 Å². The molecular weight excluding hydrogens is 506 g/mol. The third-order valence-electron chi connectivity index (χ3n) is 8.91. The second-order valence-electron chi connectivity index (χ2n) is 14.4. The van der Waals surface area contributed by atoms with E-state index < -0.39 is 5.54 Å². The number of nitrogens with one attached hydrogen (secondary N) is 3. The lowest BCUT2D eigenvalue weighted by atomic mass is 9.78. The van der Waals surface area contributed by atoms with Crippen LogP contribution in [0.2, 0.25) is 0 Å². The van der Waals surface area contributed by atoms with Crippen LogP contribution in [-0.2, 0) is 4.79 Å². The van der Waals surface area contributed by atoms with Gasteiger partial charge in [-0.2, -0.15) is 0 Å². The van der Waals surface area contributed by atoms with Crippen molar-refractivity contribution in [2.75, 3.05) is 32.7 Å². The molecule has 1 aliphatic rings. The average molecular weight is 574 g/mol. The first kappa shape index (κ1) is 37.4. The first-order valence-electron chi connectivity index (χ1n) is 16.4. The molecule has 6 heteroatoms. The van der Waals surface area contributed by atoms with Crippen LogP contribution >= 0.6 is 0 Å². The Hall–Kier alpha value is -1.63. The maximum atomic E-state index is 13.2. The van der Waals surface area contributed by atoms with Gasteiger partial charge in [-0.15, -0.1) is 0 Å². The maximum Gasteiger partial charge on any atom is 0.169 e. The molecule has 1 rings (SSSR count). The van der Waals surface area contributed by atoms with Gasteiger partial charge >= 0.3 is 0 Å². The van der Waals surface area contributed by atoms with Gasteiger partial charge < -0.3 is 26.6 Å². The van der Waals surface area contributed by atoms with Gasteiger partial charge in [0.2, 0.25) is 0 Å². The van der Waals surface area contributed by atoms with Gasteiger partial charge in [-0.3, -0.25) is 4.79 Å². The van der Waals surface area contributed by atoms with Gasteiger partial charge in [-0.1, -0.05) is 67.2 Å². The number of hydrogen-bond acceptors (Lipinski definition) is 6. The number of carbonyl (C=O) groups is 1. The molecule has 0 saturated carbocycles. The molecule has 5 N–H and O–H groups in total. The molecular formula is C35H67N5O. The van der Waals surface area contributed by atoms with Crippen molar-refractivity contribution in [1.82, 2.24) is 20.9 Å². The number of rotatable bonds is 24. The zero-order chi connectivity index (χ0) is 31.1. The monoisotopic (exact) mass is 574 g/mol. The van der Waals surface area contributed by atoms with Crippen LogP contribution in [0.3, 0.4) is 0 Å². The van der Waals surface area contributed by atoms with E-state index in [1.54, 1.807) is 0 Å². The van der Waals surface area contributed by atoms with Crippen LogP contribution in [0, 0.1) is 10.8 Å². The lowest BCUT2D eigenvalue weighted by Gasteiger charge is -2.31. The molecule has 0 radical (unpaired) electrons. The van der Waals surface area contributed by atoms with E-state index in [2.05, 4.69) is 75.2 Å². The number of likely N-dealkylation sites (tertiary alicyclic amines) is 1. The molecule has 0 aromatic carbocycles. The number of Topliss-reactive ketones (excluding diaryl/α,β-unsaturated/α-hetero) is 1. The summed E-state index contributed by atoms with van der Waals surface area (Å²) < 4.78 is 0. The van der Waals surface area contributed by atoms with Crippen LogP contribution in [0.15, 0.2) is 36.8 Å². The Bertz CT molecular complexity index is 812. The Balaban J connectivity index is 2.30. The summed E-state index contributed by atoms with van der Waals surface area (Å²) in [6.07, 6.45) is 12.9. The van der Waals surface area contributed by atoms with E-state index in [1.807, 2.05) is 13.8 Å². The highest BCUT2D eigenvalue weighted by Gasteiger charge is 2.32. The first-order valence-corrected chi connectivity index (χ1v) is 16.4. The number of hydrogen-bond donors (Lipinski definition) is 4. The number of likely N-dealkylation sites (N-methyl/N-ethyl adjacent to an activating group) is 1. The van der Waals surface area contributed by atoms with Crippen molar-refractivity contribution < 1.29 is 4.79 Å². The minimum atomic E-state index is -0.527. The smallest absolute Gasteiger partial charge is 0.169 e. The molecule has 0 aromatic rings. The molecule has 1 atom stereocenters. The Morgan fingerprint density at radius 3 is 2.07 bits per heavy atom. The van der Waals surface area contributed by atoms with Gasteiger partial charge in [0, 0.05) is 36.6 Å². The lowest BCUT2D eigenvalue weighted by molar-refractivity contribution is -0.126. The topological polar surface area (TPSA) is 82.4 Å². The summed E-state index contributed by atoms with van der Waals surface area (Å²) in [5.74, 6) is 0.263. The highest BCUT2D eigenvalue weighted by atomic mass is 16.1. The lowest BCUT2D eigenvalue weighted by Crippen LogP contribution is -2.55. The molecule has 6 nitrogen and oxygen atoms in total. The normalized spacial score (nSPS) is 15.5. The van der Waals surface area contributed by atoms with Gasteiger partial charge in [0.1, 0.15) is 0 Å². The van der Waals surface area contributed by atoms with E-state index in [4.69, 9.17) is 5.73 Å².